The van der Waals surface area contributed by atoms with E-state index in [1.54, 1.807) is 20.0 Å². The average molecular weight is 394 g/mol. The van der Waals surface area contributed by atoms with Gasteiger partial charge in [-0.05, 0) is 24.6 Å². The van der Waals surface area contributed by atoms with E-state index in [1.165, 1.54) is 16.7 Å². The molecule has 2 aromatic rings. The fourth-order valence-electron chi connectivity index (χ4n) is 3.15. The summed E-state index contributed by atoms with van der Waals surface area (Å²) in [5.74, 6) is -1.99. The number of benzene rings is 1. The second-order valence-corrected chi connectivity index (χ2v) is 6.35. The summed E-state index contributed by atoms with van der Waals surface area (Å²) in [5, 5.41) is 0. The van der Waals surface area contributed by atoms with Crippen LogP contribution in [0.3, 0.4) is 0 Å². The number of nitrogens with zero attached hydrogens (tertiary/aromatic N) is 1. The zero-order chi connectivity index (χ0) is 20.8. The van der Waals surface area contributed by atoms with Gasteiger partial charge in [0, 0.05) is 18.8 Å². The summed E-state index contributed by atoms with van der Waals surface area (Å²) in [4.78, 5) is 25.2. The van der Waals surface area contributed by atoms with Crippen LogP contribution in [0.25, 0.3) is 0 Å². The van der Waals surface area contributed by atoms with Gasteiger partial charge in [-0.3, -0.25) is 4.79 Å². The largest absolute Gasteiger partial charge is 0.465 e. The molecule has 148 valence electrons. The minimum absolute atomic E-state index is 0.0995. The van der Waals surface area contributed by atoms with Gasteiger partial charge in [-0.25, -0.2) is 4.79 Å². The molecule has 1 aromatic heterocycles. The predicted molar refractivity (Wildman–Crippen MR) is 93.6 cm³/mol. The summed E-state index contributed by atoms with van der Waals surface area (Å²) >= 11 is 0. The number of hydrogen-bond acceptors (Lipinski definition) is 5. The molecular formula is C19H17F3N2O4. The van der Waals surface area contributed by atoms with Crippen molar-refractivity contribution in [1.82, 2.24) is 4.57 Å². The Hall–Kier alpha value is -3.23. The first-order valence-corrected chi connectivity index (χ1v) is 8.19. The third-order valence-corrected chi connectivity index (χ3v) is 4.71. The number of halogens is 3. The third kappa shape index (κ3) is 3.12. The number of esters is 1. The quantitative estimate of drug-likeness (QED) is 0.792. The Kier molecular flexibility index (Phi) is 4.70. The highest BCUT2D eigenvalue weighted by Crippen LogP contribution is 2.41. The number of aryl methyl sites for hydroxylation is 1. The van der Waals surface area contributed by atoms with Crippen LogP contribution in [0, 0.1) is 6.92 Å². The molecule has 6 nitrogen and oxygen atoms in total. The normalized spacial score (nSPS) is 16.4. The topological polar surface area (TPSA) is 83.5 Å². The Morgan fingerprint density at radius 3 is 2.39 bits per heavy atom. The Balaban J connectivity index is 2.28. The number of hydrogen-bond donors (Lipinski definition) is 1. The lowest BCUT2D eigenvalue weighted by Gasteiger charge is -2.28. The molecule has 0 radical (unpaired) electrons. The zero-order valence-corrected chi connectivity index (χ0v) is 15.3. The number of ether oxygens (including phenoxy) is 2. The number of nitrogens with two attached hydrogens (primary N) is 1. The molecule has 0 fully saturated rings. The number of carbonyl (C=O) groups is 1. The minimum Gasteiger partial charge on any atom is -0.465 e. The second kappa shape index (κ2) is 6.74. The first kappa shape index (κ1) is 19.5. The van der Waals surface area contributed by atoms with Crippen molar-refractivity contribution in [2.45, 2.75) is 19.0 Å². The van der Waals surface area contributed by atoms with Crippen molar-refractivity contribution >= 4 is 5.97 Å². The summed E-state index contributed by atoms with van der Waals surface area (Å²) < 4.78 is 50.3. The van der Waals surface area contributed by atoms with Gasteiger partial charge >= 0.3 is 12.1 Å². The van der Waals surface area contributed by atoms with Crippen molar-refractivity contribution < 1.29 is 27.4 Å². The third-order valence-electron chi connectivity index (χ3n) is 4.71. The van der Waals surface area contributed by atoms with Crippen LogP contribution in [0.1, 0.15) is 28.3 Å². The van der Waals surface area contributed by atoms with Crippen molar-refractivity contribution in [3.63, 3.8) is 0 Å². The van der Waals surface area contributed by atoms with Gasteiger partial charge < -0.3 is 19.8 Å². The first-order chi connectivity index (χ1) is 13.1. The van der Waals surface area contributed by atoms with Crippen LogP contribution in [0.5, 0.6) is 5.75 Å². The monoisotopic (exact) mass is 394 g/mol. The van der Waals surface area contributed by atoms with Crippen LogP contribution in [0.15, 0.2) is 46.6 Å². The molecule has 1 aromatic carbocycles. The van der Waals surface area contributed by atoms with Crippen molar-refractivity contribution in [2.75, 3.05) is 7.11 Å². The molecule has 1 aliphatic rings. The Morgan fingerprint density at radius 1 is 1.25 bits per heavy atom. The van der Waals surface area contributed by atoms with Crippen LogP contribution < -0.4 is 16.0 Å². The lowest BCUT2D eigenvalue weighted by Crippen LogP contribution is -2.34. The molecule has 28 heavy (non-hydrogen) atoms. The van der Waals surface area contributed by atoms with E-state index in [-0.39, 0.29) is 28.3 Å². The van der Waals surface area contributed by atoms with Crippen LogP contribution in [-0.4, -0.2) is 17.6 Å². The maximum absolute atomic E-state index is 12.9. The van der Waals surface area contributed by atoms with Gasteiger partial charge in [0.15, 0.2) is 0 Å². The van der Waals surface area contributed by atoms with E-state index in [4.69, 9.17) is 15.2 Å². The SMILES string of the molecule is COC(=O)C1=C(N)Oc2cc(C)n(C)c(=O)c2[C@H]1c1ccc(C(F)(F)F)cc1. The molecule has 0 aliphatic carbocycles. The Morgan fingerprint density at radius 2 is 1.86 bits per heavy atom. The maximum atomic E-state index is 12.9. The summed E-state index contributed by atoms with van der Waals surface area (Å²) in [6.45, 7) is 1.69. The fraction of sp³-hybridized carbons (Fsp3) is 0.263. The highest BCUT2D eigenvalue weighted by molar-refractivity contribution is 5.92. The van der Waals surface area contributed by atoms with Gasteiger partial charge in [0.05, 0.1) is 24.2 Å². The lowest BCUT2D eigenvalue weighted by atomic mass is 9.83. The Bertz CT molecular complexity index is 1040. The van der Waals surface area contributed by atoms with E-state index in [0.717, 1.165) is 19.2 Å². The van der Waals surface area contributed by atoms with Gasteiger partial charge in [0.2, 0.25) is 5.88 Å². The van der Waals surface area contributed by atoms with E-state index in [9.17, 15) is 22.8 Å². The zero-order valence-electron chi connectivity index (χ0n) is 15.3. The highest BCUT2D eigenvalue weighted by atomic mass is 19.4. The molecule has 1 aliphatic heterocycles. The highest BCUT2D eigenvalue weighted by Gasteiger charge is 2.38. The molecule has 9 heteroatoms. The molecule has 0 bridgehead atoms. The van der Waals surface area contributed by atoms with Gasteiger partial charge in [-0.2, -0.15) is 13.2 Å². The summed E-state index contributed by atoms with van der Waals surface area (Å²) in [7, 11) is 2.68. The van der Waals surface area contributed by atoms with Crippen molar-refractivity contribution in [1.29, 1.82) is 0 Å². The predicted octanol–water partition coefficient (Wildman–Crippen LogP) is 2.58. The van der Waals surface area contributed by atoms with Gasteiger partial charge in [-0.15, -0.1) is 0 Å². The van der Waals surface area contributed by atoms with E-state index < -0.39 is 29.2 Å². The molecule has 2 heterocycles. The summed E-state index contributed by atoms with van der Waals surface area (Å²) in [6, 6.07) is 5.76. The number of pyridine rings is 1. The van der Waals surface area contributed by atoms with Gasteiger partial charge in [0.1, 0.15) is 11.3 Å². The van der Waals surface area contributed by atoms with Gasteiger partial charge in [-0.1, -0.05) is 12.1 Å². The smallest absolute Gasteiger partial charge is 0.416 e. The molecule has 0 amide bonds. The van der Waals surface area contributed by atoms with Crippen LogP contribution in [0.4, 0.5) is 13.2 Å². The summed E-state index contributed by atoms with van der Waals surface area (Å²) in [5.41, 5.74) is 5.43. The fourth-order valence-corrected chi connectivity index (χ4v) is 3.15. The van der Waals surface area contributed by atoms with E-state index in [2.05, 4.69) is 0 Å². The van der Waals surface area contributed by atoms with E-state index in [1.807, 2.05) is 0 Å². The molecule has 3 rings (SSSR count). The maximum Gasteiger partial charge on any atom is 0.416 e. The minimum atomic E-state index is -4.51. The summed E-state index contributed by atoms with van der Waals surface area (Å²) in [6.07, 6.45) is -4.51. The first-order valence-electron chi connectivity index (χ1n) is 8.19. The molecule has 2 N–H and O–H groups in total. The van der Waals surface area contributed by atoms with Crippen molar-refractivity contribution in [3.8, 4) is 5.75 Å². The van der Waals surface area contributed by atoms with Crippen LogP contribution in [-0.2, 0) is 22.8 Å². The number of carbonyl (C=O) groups excluding carboxylic acids is 1. The standard InChI is InChI=1S/C19H17F3N2O4/c1-9-8-12-14(17(25)24(9)2)13(15(16(23)28-12)18(26)27-3)10-4-6-11(7-5-10)19(20,21)22/h4-8,13H,23H2,1-3H3/t13-/m1/s1. The van der Waals surface area contributed by atoms with Crippen LogP contribution >= 0.6 is 0 Å². The molecule has 0 spiro atoms. The molecular weight excluding hydrogens is 377 g/mol. The second-order valence-electron chi connectivity index (χ2n) is 6.35. The number of fused-ring (bicyclic) bond motifs is 1. The average Bonchev–Trinajstić information content (AvgIpc) is 2.64. The number of alkyl halides is 3. The van der Waals surface area contributed by atoms with Gasteiger partial charge in [0.25, 0.3) is 5.56 Å². The Labute approximate surface area is 158 Å². The number of rotatable bonds is 2. The molecule has 0 saturated heterocycles. The van der Waals surface area contributed by atoms with Crippen molar-refractivity contribution in [3.05, 3.63) is 74.5 Å². The molecule has 1 atom stereocenters. The van der Waals surface area contributed by atoms with E-state index in [0.29, 0.717) is 5.69 Å². The molecule has 0 saturated carbocycles. The van der Waals surface area contributed by atoms with Crippen LogP contribution in [0.2, 0.25) is 0 Å². The van der Waals surface area contributed by atoms with E-state index >= 15 is 0 Å². The lowest BCUT2D eigenvalue weighted by molar-refractivity contribution is -0.138. The molecule has 0 unspecified atom stereocenters. The van der Waals surface area contributed by atoms with Crippen molar-refractivity contribution in [2.24, 2.45) is 12.8 Å². The number of methoxy groups -OCH3 is 1. The number of aromatic nitrogens is 1.